The van der Waals surface area contributed by atoms with E-state index in [0.29, 0.717) is 42.2 Å². The average molecular weight is 431 g/mol. The molecule has 0 N–H and O–H groups in total. The Morgan fingerprint density at radius 2 is 2.03 bits per heavy atom. The first-order valence-electron chi connectivity index (χ1n) is 10.7. The summed E-state index contributed by atoms with van der Waals surface area (Å²) in [7, 11) is 0. The predicted octanol–water partition coefficient (Wildman–Crippen LogP) is 3.40. The Hall–Kier alpha value is -2.87. The van der Waals surface area contributed by atoms with Crippen molar-refractivity contribution < 1.29 is 28.3 Å². The highest BCUT2D eigenvalue weighted by molar-refractivity contribution is 6.05. The van der Waals surface area contributed by atoms with Crippen LogP contribution in [0.15, 0.2) is 22.8 Å². The predicted molar refractivity (Wildman–Crippen MR) is 113 cm³/mol. The molecule has 8 nitrogen and oxygen atoms in total. The third-order valence-corrected chi connectivity index (χ3v) is 5.63. The maximum atomic E-state index is 13.4. The van der Waals surface area contributed by atoms with E-state index < -0.39 is 5.97 Å². The van der Waals surface area contributed by atoms with Crippen LogP contribution in [0.1, 0.15) is 69.3 Å². The van der Waals surface area contributed by atoms with E-state index in [-0.39, 0.29) is 36.7 Å². The van der Waals surface area contributed by atoms with Crippen molar-refractivity contribution in [3.8, 4) is 0 Å². The molecule has 3 rings (SSSR count). The molecule has 168 valence electrons. The van der Waals surface area contributed by atoms with Gasteiger partial charge in [-0.25, -0.2) is 4.79 Å². The van der Waals surface area contributed by atoms with E-state index in [1.165, 1.54) is 11.2 Å². The number of nitrogens with zero attached hydrogens (tertiary/aromatic N) is 2. The molecule has 31 heavy (non-hydrogen) atoms. The molecule has 1 saturated heterocycles. The van der Waals surface area contributed by atoms with E-state index in [4.69, 9.17) is 13.9 Å². The molecule has 1 amide bonds. The van der Waals surface area contributed by atoms with Crippen LogP contribution in [-0.4, -0.2) is 59.5 Å². The maximum Gasteiger partial charge on any atom is 0.355 e. The molecule has 8 heteroatoms. The van der Waals surface area contributed by atoms with Crippen molar-refractivity contribution in [1.29, 1.82) is 0 Å². The van der Waals surface area contributed by atoms with Gasteiger partial charge in [-0.05, 0) is 58.2 Å². The third kappa shape index (κ3) is 4.74. The Balaban J connectivity index is 1.90. The van der Waals surface area contributed by atoms with Crippen LogP contribution in [0.4, 0.5) is 0 Å². The molecule has 1 fully saturated rings. The van der Waals surface area contributed by atoms with Crippen molar-refractivity contribution in [2.75, 3.05) is 26.3 Å². The summed E-state index contributed by atoms with van der Waals surface area (Å²) >= 11 is 0. The summed E-state index contributed by atoms with van der Waals surface area (Å²) in [5.41, 5.74) is 2.10. The molecule has 0 aliphatic carbocycles. The number of ketones is 1. The van der Waals surface area contributed by atoms with Crippen LogP contribution in [-0.2, 0) is 16.0 Å². The Bertz CT molecular complexity index is 938. The van der Waals surface area contributed by atoms with Gasteiger partial charge in [-0.3, -0.25) is 9.59 Å². The highest BCUT2D eigenvalue weighted by atomic mass is 16.5. The number of hydrogen-bond donors (Lipinski definition) is 0. The van der Waals surface area contributed by atoms with Crippen LogP contribution in [0, 0.1) is 13.8 Å². The van der Waals surface area contributed by atoms with Gasteiger partial charge in [-0.2, -0.15) is 0 Å². The van der Waals surface area contributed by atoms with Crippen LogP contribution < -0.4 is 0 Å². The maximum absolute atomic E-state index is 13.4. The number of Topliss-reactive ketones (excluding diaryl/α,β-unsaturated/α-hetero) is 1. The lowest BCUT2D eigenvalue weighted by molar-refractivity contribution is 0.0485. The largest absolute Gasteiger partial charge is 0.461 e. The molecule has 0 bridgehead atoms. The van der Waals surface area contributed by atoms with Crippen molar-refractivity contribution >= 4 is 17.7 Å². The number of ether oxygens (including phenoxy) is 2. The number of aromatic nitrogens is 1. The van der Waals surface area contributed by atoms with E-state index >= 15 is 0 Å². The second kappa shape index (κ2) is 9.96. The first-order chi connectivity index (χ1) is 14.9. The van der Waals surface area contributed by atoms with Gasteiger partial charge in [0, 0.05) is 31.0 Å². The fraction of sp³-hybridized carbons (Fsp3) is 0.522. The van der Waals surface area contributed by atoms with E-state index in [9.17, 15) is 14.4 Å². The second-order valence-electron chi connectivity index (χ2n) is 7.62. The lowest BCUT2D eigenvalue weighted by atomic mass is 10.0. The van der Waals surface area contributed by atoms with Crippen LogP contribution in [0.2, 0.25) is 0 Å². The number of carbonyl (C=O) groups excluding carboxylic acids is 3. The monoisotopic (exact) mass is 430 g/mol. The first kappa shape index (κ1) is 22.8. The van der Waals surface area contributed by atoms with Crippen molar-refractivity contribution in [3.05, 3.63) is 46.7 Å². The number of esters is 1. The third-order valence-electron chi connectivity index (χ3n) is 5.63. The minimum absolute atomic E-state index is 0.107. The zero-order chi connectivity index (χ0) is 22.5. The van der Waals surface area contributed by atoms with Gasteiger partial charge in [0.05, 0.1) is 25.5 Å². The smallest absolute Gasteiger partial charge is 0.355 e. The first-order valence-corrected chi connectivity index (χ1v) is 10.7. The van der Waals surface area contributed by atoms with Crippen LogP contribution in [0.5, 0.6) is 0 Å². The van der Waals surface area contributed by atoms with Gasteiger partial charge in [-0.1, -0.05) is 0 Å². The Morgan fingerprint density at radius 1 is 1.26 bits per heavy atom. The van der Waals surface area contributed by atoms with Gasteiger partial charge in [-0.15, -0.1) is 0 Å². The summed E-state index contributed by atoms with van der Waals surface area (Å²) in [5.74, 6) is -0.861. The van der Waals surface area contributed by atoms with E-state index in [0.717, 1.165) is 12.8 Å². The SMILES string of the molecule is CCOC(=O)c1c(C)c(C(=O)CN(CC2CCCO2)C(=O)c2ccco2)c(C)n1CC. The fourth-order valence-electron chi connectivity index (χ4n) is 4.23. The van der Waals surface area contributed by atoms with Gasteiger partial charge in [0.2, 0.25) is 0 Å². The van der Waals surface area contributed by atoms with E-state index in [2.05, 4.69) is 0 Å². The molecule has 0 radical (unpaired) electrons. The standard InChI is InChI=1S/C23H30N2O6/c1-5-25-16(4)20(15(3)21(25)23(28)29-6-2)18(26)14-24(13-17-9-7-11-30-17)22(27)19-10-8-12-31-19/h8,10,12,17H,5-7,9,11,13-14H2,1-4H3. The molecule has 0 aromatic carbocycles. The van der Waals surface area contributed by atoms with Crippen molar-refractivity contribution in [2.24, 2.45) is 0 Å². The Kier molecular flexibility index (Phi) is 7.33. The average Bonchev–Trinajstić information content (AvgIpc) is 3.48. The number of furan rings is 1. The topological polar surface area (TPSA) is 91.0 Å². The summed E-state index contributed by atoms with van der Waals surface area (Å²) in [6.45, 7) is 8.83. The summed E-state index contributed by atoms with van der Waals surface area (Å²) in [6, 6.07) is 3.22. The molecule has 0 saturated carbocycles. The molecular weight excluding hydrogens is 400 g/mol. The molecule has 1 atom stereocenters. The van der Waals surface area contributed by atoms with Gasteiger partial charge < -0.3 is 23.4 Å². The van der Waals surface area contributed by atoms with Gasteiger partial charge in [0.15, 0.2) is 11.5 Å². The van der Waals surface area contributed by atoms with Crippen LogP contribution >= 0.6 is 0 Å². The zero-order valence-corrected chi connectivity index (χ0v) is 18.6. The number of hydrogen-bond acceptors (Lipinski definition) is 6. The zero-order valence-electron chi connectivity index (χ0n) is 18.6. The number of rotatable bonds is 9. The second-order valence-corrected chi connectivity index (χ2v) is 7.62. The lowest BCUT2D eigenvalue weighted by Gasteiger charge is -2.24. The van der Waals surface area contributed by atoms with Gasteiger partial charge in [0.1, 0.15) is 5.69 Å². The van der Waals surface area contributed by atoms with Crippen molar-refractivity contribution in [1.82, 2.24) is 9.47 Å². The normalized spacial score (nSPS) is 15.8. The number of carbonyl (C=O) groups is 3. The Labute approximate surface area is 182 Å². The van der Waals surface area contributed by atoms with Crippen molar-refractivity contribution in [2.45, 2.75) is 53.2 Å². The lowest BCUT2D eigenvalue weighted by Crippen LogP contribution is -2.40. The molecule has 1 aliphatic rings. The van der Waals surface area contributed by atoms with Crippen LogP contribution in [0.25, 0.3) is 0 Å². The summed E-state index contributed by atoms with van der Waals surface area (Å²) < 4.78 is 17.9. The van der Waals surface area contributed by atoms with E-state index in [1.54, 1.807) is 30.5 Å². The molecule has 3 heterocycles. The van der Waals surface area contributed by atoms with E-state index in [1.807, 2.05) is 13.8 Å². The minimum Gasteiger partial charge on any atom is -0.461 e. The molecule has 0 spiro atoms. The van der Waals surface area contributed by atoms with Crippen LogP contribution in [0.3, 0.4) is 0 Å². The fourth-order valence-corrected chi connectivity index (χ4v) is 4.23. The minimum atomic E-state index is -0.452. The molecule has 2 aromatic rings. The molecule has 1 aliphatic heterocycles. The van der Waals surface area contributed by atoms with Gasteiger partial charge in [0.25, 0.3) is 5.91 Å². The molecule has 1 unspecified atom stereocenters. The molecule has 2 aromatic heterocycles. The van der Waals surface area contributed by atoms with Gasteiger partial charge >= 0.3 is 5.97 Å². The summed E-state index contributed by atoms with van der Waals surface area (Å²) in [4.78, 5) is 40.4. The number of amides is 1. The quantitative estimate of drug-likeness (QED) is 0.447. The molecular formula is C23H30N2O6. The summed E-state index contributed by atoms with van der Waals surface area (Å²) in [5, 5.41) is 0. The highest BCUT2D eigenvalue weighted by Crippen LogP contribution is 2.25. The van der Waals surface area contributed by atoms with Crippen molar-refractivity contribution in [3.63, 3.8) is 0 Å². The summed E-state index contributed by atoms with van der Waals surface area (Å²) in [6.07, 6.45) is 3.10. The Morgan fingerprint density at radius 3 is 2.61 bits per heavy atom. The highest BCUT2D eigenvalue weighted by Gasteiger charge is 2.31.